The van der Waals surface area contributed by atoms with Crippen LogP contribution < -0.4 is 14.9 Å². The molecule has 0 saturated carbocycles. The van der Waals surface area contributed by atoms with Crippen molar-refractivity contribution in [1.29, 1.82) is 0 Å². The fourth-order valence-electron chi connectivity index (χ4n) is 3.66. The molecule has 7 heteroatoms. The molecule has 30 heavy (non-hydrogen) atoms. The van der Waals surface area contributed by atoms with E-state index in [0.29, 0.717) is 17.8 Å². The van der Waals surface area contributed by atoms with Gasteiger partial charge in [0, 0.05) is 24.3 Å². The Morgan fingerprint density at radius 1 is 0.933 bits per heavy atom. The number of amides is 1. The molecule has 1 aliphatic heterocycles. The Hall–Kier alpha value is -3.16. The van der Waals surface area contributed by atoms with E-state index in [9.17, 15) is 13.2 Å². The highest BCUT2D eigenvalue weighted by Gasteiger charge is 2.22. The minimum absolute atomic E-state index is 0.134. The molecule has 0 atom stereocenters. The number of carbonyl (C=O) groups excluding carboxylic acids is 1. The lowest BCUT2D eigenvalue weighted by atomic mass is 10.1. The van der Waals surface area contributed by atoms with Gasteiger partial charge in [0.2, 0.25) is 10.0 Å². The predicted octanol–water partition coefficient (Wildman–Crippen LogP) is 3.93. The second kappa shape index (κ2) is 8.30. The van der Waals surface area contributed by atoms with E-state index >= 15 is 0 Å². The van der Waals surface area contributed by atoms with Crippen molar-refractivity contribution < 1.29 is 13.2 Å². The van der Waals surface area contributed by atoms with E-state index in [4.69, 9.17) is 0 Å². The first-order valence-electron chi connectivity index (χ1n) is 9.85. The summed E-state index contributed by atoms with van der Waals surface area (Å²) in [6.45, 7) is 2.87. The molecule has 3 aromatic carbocycles. The molecule has 1 amide bonds. The van der Waals surface area contributed by atoms with Gasteiger partial charge in [-0.15, -0.1) is 0 Å². The molecule has 6 nitrogen and oxygen atoms in total. The molecule has 0 spiro atoms. The van der Waals surface area contributed by atoms with Crippen LogP contribution in [0.15, 0.2) is 77.7 Å². The number of benzene rings is 3. The second-order valence-electron chi connectivity index (χ2n) is 7.03. The number of rotatable bonds is 6. The minimum atomic E-state index is -3.55. The lowest BCUT2D eigenvalue weighted by molar-refractivity contribution is 0.102. The van der Waals surface area contributed by atoms with Crippen LogP contribution in [-0.2, 0) is 16.4 Å². The maximum absolute atomic E-state index is 12.8. The van der Waals surface area contributed by atoms with Gasteiger partial charge in [-0.2, -0.15) is 0 Å². The topological polar surface area (TPSA) is 78.5 Å². The molecule has 154 valence electrons. The minimum Gasteiger partial charge on any atom is -0.339 e. The van der Waals surface area contributed by atoms with E-state index in [2.05, 4.69) is 27.1 Å². The normalized spacial score (nSPS) is 13.2. The van der Waals surface area contributed by atoms with Gasteiger partial charge >= 0.3 is 0 Å². The maximum atomic E-state index is 12.8. The van der Waals surface area contributed by atoms with Gasteiger partial charge in [0.25, 0.3) is 5.91 Å². The van der Waals surface area contributed by atoms with Crippen molar-refractivity contribution in [2.45, 2.75) is 18.2 Å². The summed E-state index contributed by atoms with van der Waals surface area (Å²) in [5.41, 5.74) is 4.47. The van der Waals surface area contributed by atoms with Gasteiger partial charge in [-0.25, -0.2) is 13.1 Å². The second-order valence-corrected chi connectivity index (χ2v) is 8.79. The first-order chi connectivity index (χ1) is 14.5. The molecule has 0 aromatic heterocycles. The van der Waals surface area contributed by atoms with Crippen molar-refractivity contribution in [3.63, 3.8) is 0 Å². The summed E-state index contributed by atoms with van der Waals surface area (Å²) < 4.78 is 26.6. The van der Waals surface area contributed by atoms with Crippen LogP contribution in [0, 0.1) is 0 Å². The first-order valence-corrected chi connectivity index (χ1v) is 11.3. The maximum Gasteiger partial charge on any atom is 0.255 e. The highest BCUT2D eigenvalue weighted by Crippen LogP contribution is 2.38. The Balaban J connectivity index is 1.57. The summed E-state index contributed by atoms with van der Waals surface area (Å²) in [5.74, 6) is -0.290. The fourth-order valence-corrected chi connectivity index (χ4v) is 4.70. The summed E-state index contributed by atoms with van der Waals surface area (Å²) in [6, 6.07) is 21.9. The third-order valence-corrected chi connectivity index (χ3v) is 6.65. The first kappa shape index (κ1) is 20.1. The zero-order valence-electron chi connectivity index (χ0n) is 16.6. The van der Waals surface area contributed by atoms with Crippen LogP contribution in [0.1, 0.15) is 22.8 Å². The smallest absolute Gasteiger partial charge is 0.255 e. The predicted molar refractivity (Wildman–Crippen MR) is 119 cm³/mol. The van der Waals surface area contributed by atoms with Gasteiger partial charge in [0.1, 0.15) is 0 Å². The van der Waals surface area contributed by atoms with Gasteiger partial charge < -0.3 is 10.2 Å². The number of carbonyl (C=O) groups is 1. The summed E-state index contributed by atoms with van der Waals surface area (Å²) in [6.07, 6.45) is 0.959. The molecular weight excluding hydrogens is 398 g/mol. The Morgan fingerprint density at radius 2 is 1.60 bits per heavy atom. The van der Waals surface area contributed by atoms with Gasteiger partial charge in [0.15, 0.2) is 0 Å². The Labute approximate surface area is 176 Å². The molecule has 1 aliphatic rings. The largest absolute Gasteiger partial charge is 0.339 e. The van der Waals surface area contributed by atoms with Crippen molar-refractivity contribution >= 4 is 33.0 Å². The molecule has 0 radical (unpaired) electrons. The molecule has 2 N–H and O–H groups in total. The lowest BCUT2D eigenvalue weighted by Crippen LogP contribution is -2.23. The number of para-hydroxylation sites is 3. The van der Waals surface area contributed by atoms with Crippen molar-refractivity contribution in [3.05, 3.63) is 83.9 Å². The molecule has 0 saturated heterocycles. The molecule has 4 rings (SSSR count). The van der Waals surface area contributed by atoms with Crippen molar-refractivity contribution in [2.75, 3.05) is 23.3 Å². The quantitative estimate of drug-likeness (QED) is 0.632. The number of sulfonamides is 1. The van der Waals surface area contributed by atoms with Crippen molar-refractivity contribution in [2.24, 2.45) is 0 Å². The summed E-state index contributed by atoms with van der Waals surface area (Å²) >= 11 is 0. The van der Waals surface area contributed by atoms with Gasteiger partial charge in [-0.3, -0.25) is 4.79 Å². The van der Waals surface area contributed by atoms with Crippen LogP contribution in [0.25, 0.3) is 0 Å². The number of nitrogens with zero attached hydrogens (tertiary/aromatic N) is 1. The third-order valence-electron chi connectivity index (χ3n) is 5.09. The molecule has 3 aromatic rings. The van der Waals surface area contributed by atoms with E-state index in [1.54, 1.807) is 6.92 Å². The fraction of sp³-hybridized carbons (Fsp3) is 0.174. The van der Waals surface area contributed by atoms with E-state index in [1.807, 2.05) is 36.4 Å². The van der Waals surface area contributed by atoms with Crippen LogP contribution in [0.2, 0.25) is 0 Å². The number of anilines is 3. The van der Waals surface area contributed by atoms with Gasteiger partial charge in [-0.1, -0.05) is 37.3 Å². The van der Waals surface area contributed by atoms with Crippen LogP contribution in [0.3, 0.4) is 0 Å². The summed E-state index contributed by atoms with van der Waals surface area (Å²) in [5, 5.41) is 2.97. The van der Waals surface area contributed by atoms with Crippen LogP contribution in [0.4, 0.5) is 17.1 Å². The molecule has 0 fully saturated rings. The Kier molecular flexibility index (Phi) is 5.57. The standard InChI is InChI=1S/C23H23N3O3S/c1-2-24-30(28,29)19-13-11-18(12-14-19)23(27)25-20-8-4-6-10-22(20)26-16-15-17-7-3-5-9-21(17)26/h3-14,24H,2,15-16H2,1H3,(H,25,27). The average molecular weight is 422 g/mol. The zero-order valence-corrected chi connectivity index (χ0v) is 17.4. The monoisotopic (exact) mass is 421 g/mol. The lowest BCUT2D eigenvalue weighted by Gasteiger charge is -2.23. The van der Waals surface area contributed by atoms with E-state index in [0.717, 1.165) is 24.3 Å². The van der Waals surface area contributed by atoms with Gasteiger partial charge in [-0.05, 0) is 54.4 Å². The van der Waals surface area contributed by atoms with Crippen LogP contribution in [0.5, 0.6) is 0 Å². The van der Waals surface area contributed by atoms with Crippen molar-refractivity contribution in [3.8, 4) is 0 Å². The average Bonchev–Trinajstić information content (AvgIpc) is 3.18. The van der Waals surface area contributed by atoms with Crippen LogP contribution >= 0.6 is 0 Å². The SMILES string of the molecule is CCNS(=O)(=O)c1ccc(C(=O)Nc2ccccc2N2CCc3ccccc32)cc1. The number of fused-ring (bicyclic) bond motifs is 1. The molecular formula is C23H23N3O3S. The van der Waals surface area contributed by atoms with E-state index in [1.165, 1.54) is 29.8 Å². The zero-order chi connectivity index (χ0) is 21.1. The molecule has 0 aliphatic carbocycles. The highest BCUT2D eigenvalue weighted by molar-refractivity contribution is 7.89. The molecule has 1 heterocycles. The summed E-state index contributed by atoms with van der Waals surface area (Å²) in [7, 11) is -3.55. The number of hydrogen-bond donors (Lipinski definition) is 2. The van der Waals surface area contributed by atoms with Crippen LogP contribution in [-0.4, -0.2) is 27.4 Å². The van der Waals surface area contributed by atoms with E-state index in [-0.39, 0.29) is 10.8 Å². The Bertz CT molecular complexity index is 1170. The van der Waals surface area contributed by atoms with Crippen molar-refractivity contribution in [1.82, 2.24) is 4.72 Å². The highest BCUT2D eigenvalue weighted by atomic mass is 32.2. The number of nitrogens with one attached hydrogen (secondary N) is 2. The third kappa shape index (κ3) is 3.94. The Morgan fingerprint density at radius 3 is 2.33 bits per heavy atom. The van der Waals surface area contributed by atoms with E-state index < -0.39 is 10.0 Å². The molecule has 0 unspecified atom stereocenters. The summed E-state index contributed by atoms with van der Waals surface area (Å²) in [4.78, 5) is 15.2. The molecule has 0 bridgehead atoms. The number of hydrogen-bond acceptors (Lipinski definition) is 4. The van der Waals surface area contributed by atoms with Gasteiger partial charge in [0.05, 0.1) is 16.3 Å².